The van der Waals surface area contributed by atoms with Crippen molar-refractivity contribution in [1.29, 1.82) is 5.26 Å². The third kappa shape index (κ3) is 4.53. The third-order valence-corrected chi connectivity index (χ3v) is 5.80. The zero-order valence-electron chi connectivity index (χ0n) is 18.0. The molecule has 0 saturated heterocycles. The number of carbonyl (C=O) groups is 1. The number of anilines is 2. The van der Waals surface area contributed by atoms with Crippen LogP contribution in [0.5, 0.6) is 5.75 Å². The molecule has 0 atom stereocenters. The number of Topliss-reactive ketones (excluding diaryl/α,β-unsaturated/α-hetero) is 1. The van der Waals surface area contributed by atoms with Crippen molar-refractivity contribution in [2.75, 3.05) is 5.32 Å². The second-order valence-electron chi connectivity index (χ2n) is 8.09. The van der Waals surface area contributed by atoms with Gasteiger partial charge in [-0.05, 0) is 47.7 Å². The molecule has 0 aliphatic heterocycles. The molecule has 1 aliphatic carbocycles. The van der Waals surface area contributed by atoms with Crippen molar-refractivity contribution in [3.8, 4) is 11.8 Å². The minimum atomic E-state index is 0.102. The lowest BCUT2D eigenvalue weighted by Gasteiger charge is -2.12. The number of hydrogen-bond acceptors (Lipinski definition) is 6. The van der Waals surface area contributed by atoms with Gasteiger partial charge >= 0.3 is 0 Å². The molecule has 1 aliphatic rings. The molecule has 3 aromatic carbocycles. The molecule has 0 spiro atoms. The predicted octanol–water partition coefficient (Wildman–Crippen LogP) is 5.73. The standard InChI is InChI=1S/C27H22N4O2/c28-15-18-12-21(30-27-29-16-24-25(31-27)10-3-4-11-26(24)32)14-22(13-18)33-17-20-8-5-7-19-6-1-2-9-23(19)20/h1-2,5-9,12-14,16H,3-4,10-11,17H2,(H,29,30,31). The van der Waals surface area contributed by atoms with Crippen LogP contribution in [0, 0.1) is 11.3 Å². The molecule has 33 heavy (non-hydrogen) atoms. The Labute approximate surface area is 191 Å². The van der Waals surface area contributed by atoms with Crippen LogP contribution in [-0.2, 0) is 13.0 Å². The summed E-state index contributed by atoms with van der Waals surface area (Å²) in [7, 11) is 0. The molecular weight excluding hydrogens is 412 g/mol. The van der Waals surface area contributed by atoms with Crippen molar-refractivity contribution in [2.24, 2.45) is 0 Å². The van der Waals surface area contributed by atoms with Gasteiger partial charge in [0.2, 0.25) is 5.95 Å². The zero-order chi connectivity index (χ0) is 22.6. The Morgan fingerprint density at radius 1 is 1.03 bits per heavy atom. The summed E-state index contributed by atoms with van der Waals surface area (Å²) in [4.78, 5) is 21.1. The van der Waals surface area contributed by atoms with Gasteiger partial charge in [0.1, 0.15) is 12.4 Å². The molecule has 0 fully saturated rings. The second kappa shape index (κ2) is 9.09. The number of rotatable bonds is 5. The van der Waals surface area contributed by atoms with Crippen LogP contribution in [-0.4, -0.2) is 15.8 Å². The highest BCUT2D eigenvalue weighted by molar-refractivity contribution is 5.97. The molecule has 0 amide bonds. The van der Waals surface area contributed by atoms with Gasteiger partial charge in [0.25, 0.3) is 0 Å². The summed E-state index contributed by atoms with van der Waals surface area (Å²) in [5, 5.41) is 15.0. The number of aromatic nitrogens is 2. The number of nitrogens with zero attached hydrogens (tertiary/aromatic N) is 3. The molecule has 4 aromatic rings. The van der Waals surface area contributed by atoms with E-state index in [2.05, 4.69) is 39.6 Å². The Bertz CT molecular complexity index is 1390. The summed E-state index contributed by atoms with van der Waals surface area (Å²) in [5.74, 6) is 1.08. The molecule has 0 bridgehead atoms. The molecule has 1 N–H and O–H groups in total. The van der Waals surface area contributed by atoms with Crippen LogP contribution in [0.2, 0.25) is 0 Å². The van der Waals surface area contributed by atoms with E-state index in [0.29, 0.717) is 41.5 Å². The first kappa shape index (κ1) is 20.7. The van der Waals surface area contributed by atoms with Crippen molar-refractivity contribution in [3.63, 3.8) is 0 Å². The van der Waals surface area contributed by atoms with E-state index < -0.39 is 0 Å². The van der Waals surface area contributed by atoms with Crippen LogP contribution in [0.1, 0.15) is 46.4 Å². The number of benzene rings is 3. The summed E-state index contributed by atoms with van der Waals surface area (Å²) in [6.07, 6.45) is 4.72. The average Bonchev–Trinajstić information content (AvgIpc) is 3.03. The fourth-order valence-corrected chi connectivity index (χ4v) is 4.14. The van der Waals surface area contributed by atoms with Crippen molar-refractivity contribution < 1.29 is 9.53 Å². The van der Waals surface area contributed by atoms with Crippen LogP contribution in [0.3, 0.4) is 0 Å². The topological polar surface area (TPSA) is 87.9 Å². The van der Waals surface area contributed by atoms with Gasteiger partial charge in [-0.3, -0.25) is 4.79 Å². The molecule has 6 heteroatoms. The van der Waals surface area contributed by atoms with Crippen LogP contribution in [0.4, 0.5) is 11.6 Å². The highest BCUT2D eigenvalue weighted by Gasteiger charge is 2.18. The third-order valence-electron chi connectivity index (χ3n) is 5.80. The van der Waals surface area contributed by atoms with E-state index in [1.807, 2.05) is 30.3 Å². The van der Waals surface area contributed by atoms with E-state index in [0.717, 1.165) is 41.3 Å². The van der Waals surface area contributed by atoms with E-state index in [1.165, 1.54) is 0 Å². The Morgan fingerprint density at radius 3 is 2.79 bits per heavy atom. The van der Waals surface area contributed by atoms with Crippen LogP contribution in [0.15, 0.2) is 66.9 Å². The van der Waals surface area contributed by atoms with Crippen LogP contribution >= 0.6 is 0 Å². The maximum Gasteiger partial charge on any atom is 0.227 e. The molecular formula is C27H22N4O2. The zero-order valence-corrected chi connectivity index (χ0v) is 18.0. The van der Waals surface area contributed by atoms with Crippen molar-refractivity contribution in [2.45, 2.75) is 32.3 Å². The normalized spacial score (nSPS) is 13.1. The maximum atomic E-state index is 12.2. The predicted molar refractivity (Wildman–Crippen MR) is 127 cm³/mol. The minimum Gasteiger partial charge on any atom is -0.489 e. The van der Waals surface area contributed by atoms with E-state index in [9.17, 15) is 10.1 Å². The van der Waals surface area contributed by atoms with Gasteiger partial charge in [-0.1, -0.05) is 42.5 Å². The van der Waals surface area contributed by atoms with E-state index in [1.54, 1.807) is 18.3 Å². The number of fused-ring (bicyclic) bond motifs is 2. The Hall–Kier alpha value is -4.24. The monoisotopic (exact) mass is 434 g/mol. The van der Waals surface area contributed by atoms with E-state index in [4.69, 9.17) is 4.74 Å². The molecule has 0 radical (unpaired) electrons. The van der Waals surface area contributed by atoms with E-state index >= 15 is 0 Å². The average molecular weight is 434 g/mol. The van der Waals surface area contributed by atoms with Gasteiger partial charge in [0.15, 0.2) is 5.78 Å². The van der Waals surface area contributed by atoms with Gasteiger partial charge in [-0.2, -0.15) is 5.26 Å². The van der Waals surface area contributed by atoms with Gasteiger partial charge in [0.05, 0.1) is 22.9 Å². The number of hydrogen-bond donors (Lipinski definition) is 1. The molecule has 0 saturated carbocycles. The fraction of sp³-hybridized carbons (Fsp3) is 0.185. The smallest absolute Gasteiger partial charge is 0.227 e. The number of nitrogens with one attached hydrogen (secondary N) is 1. The lowest BCUT2D eigenvalue weighted by molar-refractivity contribution is 0.0981. The number of ketones is 1. The Morgan fingerprint density at radius 2 is 1.88 bits per heavy atom. The molecule has 0 unspecified atom stereocenters. The first-order valence-corrected chi connectivity index (χ1v) is 11.0. The Kier molecular flexibility index (Phi) is 5.69. The number of ether oxygens (including phenoxy) is 1. The van der Waals surface area contributed by atoms with Gasteiger partial charge in [0, 0.05) is 24.4 Å². The fourth-order valence-electron chi connectivity index (χ4n) is 4.14. The minimum absolute atomic E-state index is 0.102. The summed E-state index contributed by atoms with van der Waals surface area (Å²) in [6.45, 7) is 0.382. The van der Waals surface area contributed by atoms with Gasteiger partial charge < -0.3 is 10.1 Å². The van der Waals surface area contributed by atoms with Crippen molar-refractivity contribution in [3.05, 3.63) is 89.2 Å². The van der Waals surface area contributed by atoms with Gasteiger partial charge in [-0.25, -0.2) is 9.97 Å². The second-order valence-corrected chi connectivity index (χ2v) is 8.09. The summed E-state index contributed by atoms with van der Waals surface area (Å²) < 4.78 is 6.07. The highest BCUT2D eigenvalue weighted by Crippen LogP contribution is 2.26. The van der Waals surface area contributed by atoms with Crippen LogP contribution < -0.4 is 10.1 Å². The number of nitriles is 1. The lowest BCUT2D eigenvalue weighted by Crippen LogP contribution is -2.07. The number of carbonyl (C=O) groups excluding carboxylic acids is 1. The molecule has 5 rings (SSSR count). The Balaban J connectivity index is 1.38. The van der Waals surface area contributed by atoms with Crippen LogP contribution in [0.25, 0.3) is 10.8 Å². The summed E-state index contributed by atoms with van der Waals surface area (Å²) >= 11 is 0. The SMILES string of the molecule is N#Cc1cc(Nc2ncc3c(n2)CCCCC3=O)cc(OCc2cccc3ccccc23)c1. The summed E-state index contributed by atoms with van der Waals surface area (Å²) in [5.41, 5.74) is 3.59. The largest absolute Gasteiger partial charge is 0.489 e. The molecule has 1 heterocycles. The molecule has 6 nitrogen and oxygen atoms in total. The van der Waals surface area contributed by atoms with Gasteiger partial charge in [-0.15, -0.1) is 0 Å². The van der Waals surface area contributed by atoms with E-state index in [-0.39, 0.29) is 5.78 Å². The molecule has 162 valence electrons. The first-order chi connectivity index (χ1) is 16.2. The summed E-state index contributed by atoms with van der Waals surface area (Å²) in [6, 6.07) is 21.8. The molecule has 1 aromatic heterocycles. The maximum absolute atomic E-state index is 12.2. The first-order valence-electron chi connectivity index (χ1n) is 11.0. The van der Waals surface area contributed by atoms with Crippen molar-refractivity contribution >= 4 is 28.2 Å². The highest BCUT2D eigenvalue weighted by atomic mass is 16.5. The lowest BCUT2D eigenvalue weighted by atomic mass is 10.1. The van der Waals surface area contributed by atoms with Crippen molar-refractivity contribution in [1.82, 2.24) is 9.97 Å². The quantitative estimate of drug-likeness (QED) is 0.403. The number of aryl methyl sites for hydroxylation is 1.